The zero-order chi connectivity index (χ0) is 19.6. The van der Waals surface area contributed by atoms with Gasteiger partial charge < -0.3 is 16.0 Å². The van der Waals surface area contributed by atoms with Crippen LogP contribution in [0.15, 0.2) is 48.5 Å². The van der Waals surface area contributed by atoms with E-state index in [0.717, 1.165) is 0 Å². The Hall–Kier alpha value is -3.40. The topological polar surface area (TPSA) is 94.0 Å². The summed E-state index contributed by atoms with van der Waals surface area (Å²) >= 11 is 0. The monoisotopic (exact) mass is 368 g/mol. The summed E-state index contributed by atoms with van der Waals surface area (Å²) in [5.74, 6) is -1.03. The van der Waals surface area contributed by atoms with E-state index in [1.165, 1.54) is 12.1 Å². The van der Waals surface area contributed by atoms with Crippen LogP contribution >= 0.6 is 0 Å². The summed E-state index contributed by atoms with van der Waals surface area (Å²) in [5.41, 5.74) is 0.869. The Labute approximate surface area is 157 Å². The number of anilines is 1. The maximum Gasteiger partial charge on any atom is 0.251 e. The molecule has 7 heteroatoms. The van der Waals surface area contributed by atoms with Gasteiger partial charge in [-0.15, -0.1) is 0 Å². The van der Waals surface area contributed by atoms with Crippen LogP contribution in [-0.4, -0.2) is 30.9 Å². The predicted molar refractivity (Wildman–Crippen MR) is 101 cm³/mol. The van der Waals surface area contributed by atoms with Gasteiger partial charge in [0.1, 0.15) is 17.4 Å². The molecule has 0 spiro atoms. The molecule has 1 unspecified atom stereocenters. The average molecular weight is 368 g/mol. The van der Waals surface area contributed by atoms with Gasteiger partial charge in [-0.05, 0) is 31.2 Å². The van der Waals surface area contributed by atoms with Crippen molar-refractivity contribution >= 4 is 17.5 Å². The molecule has 1 atom stereocenters. The Morgan fingerprint density at radius 1 is 1.11 bits per heavy atom. The summed E-state index contributed by atoms with van der Waals surface area (Å²) in [7, 11) is 0. The number of carbonyl (C=O) groups is 2. The van der Waals surface area contributed by atoms with Crippen molar-refractivity contribution in [2.75, 3.05) is 18.4 Å². The highest BCUT2D eigenvalue weighted by atomic mass is 19.1. The lowest BCUT2D eigenvalue weighted by Gasteiger charge is -2.14. The van der Waals surface area contributed by atoms with E-state index in [1.807, 2.05) is 6.07 Å². The Bertz CT molecular complexity index is 834. The normalized spacial score (nSPS) is 11.1. The molecule has 140 valence electrons. The van der Waals surface area contributed by atoms with Crippen LogP contribution in [0.25, 0.3) is 0 Å². The van der Waals surface area contributed by atoms with Gasteiger partial charge in [-0.25, -0.2) is 4.39 Å². The van der Waals surface area contributed by atoms with Gasteiger partial charge in [0.15, 0.2) is 0 Å². The van der Waals surface area contributed by atoms with E-state index < -0.39 is 5.82 Å². The molecule has 2 aromatic rings. The van der Waals surface area contributed by atoms with Gasteiger partial charge in [0.05, 0.1) is 5.69 Å². The molecule has 0 saturated heterocycles. The van der Waals surface area contributed by atoms with Crippen LogP contribution < -0.4 is 16.0 Å². The SMILES string of the molecule is CC(CC(=O)NCCNc1cccc(F)c1C#N)NC(=O)c1ccccc1. The van der Waals surface area contributed by atoms with E-state index in [-0.39, 0.29) is 29.8 Å². The second-order valence-electron chi connectivity index (χ2n) is 6.00. The van der Waals surface area contributed by atoms with E-state index >= 15 is 0 Å². The number of nitriles is 1. The first-order valence-corrected chi connectivity index (χ1v) is 8.56. The number of carbonyl (C=O) groups excluding carboxylic acids is 2. The van der Waals surface area contributed by atoms with Crippen molar-refractivity contribution in [1.82, 2.24) is 10.6 Å². The molecule has 0 heterocycles. The fourth-order valence-corrected chi connectivity index (χ4v) is 2.48. The van der Waals surface area contributed by atoms with Gasteiger partial charge in [0, 0.05) is 31.1 Å². The van der Waals surface area contributed by atoms with Crippen LogP contribution in [0.1, 0.15) is 29.3 Å². The molecule has 0 bridgehead atoms. The number of hydrogen-bond donors (Lipinski definition) is 3. The number of nitrogens with zero attached hydrogens (tertiary/aromatic N) is 1. The highest BCUT2D eigenvalue weighted by Crippen LogP contribution is 2.17. The maximum atomic E-state index is 13.5. The van der Waals surface area contributed by atoms with Crippen molar-refractivity contribution in [2.45, 2.75) is 19.4 Å². The van der Waals surface area contributed by atoms with E-state index in [0.29, 0.717) is 24.3 Å². The van der Waals surface area contributed by atoms with Gasteiger partial charge in [-0.3, -0.25) is 9.59 Å². The first-order valence-electron chi connectivity index (χ1n) is 8.56. The second-order valence-corrected chi connectivity index (χ2v) is 6.00. The quantitative estimate of drug-likeness (QED) is 0.624. The summed E-state index contributed by atoms with van der Waals surface area (Å²) < 4.78 is 13.5. The summed E-state index contributed by atoms with van der Waals surface area (Å²) in [4.78, 5) is 24.0. The third-order valence-corrected chi connectivity index (χ3v) is 3.79. The number of benzene rings is 2. The first kappa shape index (κ1) is 19.9. The second kappa shape index (κ2) is 9.92. The standard InChI is InChI=1S/C20H21FN4O2/c1-14(25-20(27)15-6-3-2-4-7-15)12-19(26)24-11-10-23-18-9-5-8-17(21)16(18)13-22/h2-9,14,23H,10-12H2,1H3,(H,24,26)(H,25,27). The smallest absolute Gasteiger partial charge is 0.251 e. The van der Waals surface area contributed by atoms with Crippen LogP contribution in [0.4, 0.5) is 10.1 Å². The van der Waals surface area contributed by atoms with Gasteiger partial charge in [0.25, 0.3) is 5.91 Å². The van der Waals surface area contributed by atoms with Crippen molar-refractivity contribution in [3.63, 3.8) is 0 Å². The molecule has 0 aliphatic carbocycles. The zero-order valence-corrected chi connectivity index (χ0v) is 15.0. The van der Waals surface area contributed by atoms with Crippen molar-refractivity contribution < 1.29 is 14.0 Å². The molecule has 0 fully saturated rings. The van der Waals surface area contributed by atoms with Gasteiger partial charge in [-0.1, -0.05) is 24.3 Å². The third kappa shape index (κ3) is 6.12. The summed E-state index contributed by atoms with van der Waals surface area (Å²) in [6.07, 6.45) is 0.141. The van der Waals surface area contributed by atoms with Crippen LogP contribution in [0, 0.1) is 17.1 Å². The van der Waals surface area contributed by atoms with Gasteiger partial charge in [-0.2, -0.15) is 5.26 Å². The molecule has 0 saturated carbocycles. The average Bonchev–Trinajstić information content (AvgIpc) is 2.66. The van der Waals surface area contributed by atoms with Crippen LogP contribution in [0.5, 0.6) is 0 Å². The third-order valence-electron chi connectivity index (χ3n) is 3.79. The minimum Gasteiger partial charge on any atom is -0.382 e. The molecular weight excluding hydrogens is 347 g/mol. The van der Waals surface area contributed by atoms with Crippen molar-refractivity contribution in [1.29, 1.82) is 5.26 Å². The lowest BCUT2D eigenvalue weighted by molar-refractivity contribution is -0.121. The Morgan fingerprint density at radius 2 is 1.85 bits per heavy atom. The number of nitrogens with one attached hydrogen (secondary N) is 3. The lowest BCUT2D eigenvalue weighted by Crippen LogP contribution is -2.38. The first-order chi connectivity index (χ1) is 13.0. The molecule has 3 N–H and O–H groups in total. The molecule has 6 nitrogen and oxygen atoms in total. The van der Waals surface area contributed by atoms with Crippen LogP contribution in [-0.2, 0) is 4.79 Å². The molecular formula is C20H21FN4O2. The maximum absolute atomic E-state index is 13.5. The summed E-state index contributed by atoms with van der Waals surface area (Å²) in [5, 5.41) is 17.4. The Morgan fingerprint density at radius 3 is 2.56 bits per heavy atom. The molecule has 0 aromatic heterocycles. The lowest BCUT2D eigenvalue weighted by atomic mass is 10.1. The highest BCUT2D eigenvalue weighted by molar-refractivity contribution is 5.94. The van der Waals surface area contributed by atoms with Crippen molar-refractivity contribution in [2.24, 2.45) is 0 Å². The van der Waals surface area contributed by atoms with E-state index in [2.05, 4.69) is 16.0 Å². The zero-order valence-electron chi connectivity index (χ0n) is 15.0. The number of amides is 2. The van der Waals surface area contributed by atoms with E-state index in [1.54, 1.807) is 43.3 Å². The molecule has 0 aliphatic rings. The Balaban J connectivity index is 1.71. The summed E-state index contributed by atoms with van der Waals surface area (Å²) in [6.45, 7) is 2.40. The minimum absolute atomic E-state index is 0.0546. The van der Waals surface area contributed by atoms with Gasteiger partial charge in [0.2, 0.25) is 5.91 Å². The largest absolute Gasteiger partial charge is 0.382 e. The molecule has 27 heavy (non-hydrogen) atoms. The molecule has 2 rings (SSSR count). The molecule has 0 aliphatic heterocycles. The number of rotatable bonds is 8. The fraction of sp³-hybridized carbons (Fsp3) is 0.250. The minimum atomic E-state index is -0.588. The summed E-state index contributed by atoms with van der Waals surface area (Å²) in [6, 6.07) is 14.6. The van der Waals surface area contributed by atoms with Crippen molar-refractivity contribution in [3.8, 4) is 6.07 Å². The van der Waals surface area contributed by atoms with Crippen molar-refractivity contribution in [3.05, 3.63) is 65.5 Å². The molecule has 2 amide bonds. The number of halogens is 1. The van der Waals surface area contributed by atoms with Gasteiger partial charge >= 0.3 is 0 Å². The predicted octanol–water partition coefficient (Wildman–Crippen LogP) is 2.43. The fourth-order valence-electron chi connectivity index (χ4n) is 2.48. The van der Waals surface area contributed by atoms with E-state index in [4.69, 9.17) is 5.26 Å². The van der Waals surface area contributed by atoms with E-state index in [9.17, 15) is 14.0 Å². The molecule has 0 radical (unpaired) electrons. The van der Waals surface area contributed by atoms with Crippen LogP contribution in [0.3, 0.4) is 0 Å². The number of hydrogen-bond acceptors (Lipinski definition) is 4. The van der Waals surface area contributed by atoms with Crippen LogP contribution in [0.2, 0.25) is 0 Å². The Kier molecular flexibility index (Phi) is 7.32. The highest BCUT2D eigenvalue weighted by Gasteiger charge is 2.13. The molecule has 2 aromatic carbocycles.